The molecule has 0 atom stereocenters. The summed E-state index contributed by atoms with van der Waals surface area (Å²) in [5, 5.41) is 9.40. The average Bonchev–Trinajstić information content (AvgIpc) is 2.56. The molecule has 0 saturated carbocycles. The van der Waals surface area contributed by atoms with Crippen molar-refractivity contribution in [2.45, 2.75) is 12.7 Å². The minimum absolute atomic E-state index is 0.229. The number of alkyl halides is 3. The Kier molecular flexibility index (Phi) is 3.10. The Bertz CT molecular complexity index is 619. The summed E-state index contributed by atoms with van der Waals surface area (Å²) < 4.78 is 38.7. The monoisotopic (exact) mass is 321 g/mol. The Morgan fingerprint density at radius 2 is 2.06 bits per heavy atom. The fourth-order valence-corrected chi connectivity index (χ4v) is 2.40. The van der Waals surface area contributed by atoms with Gasteiger partial charge in [0.15, 0.2) is 0 Å². The lowest BCUT2D eigenvalue weighted by Gasteiger charge is -2.12. The van der Waals surface area contributed by atoms with Crippen molar-refractivity contribution in [3.05, 3.63) is 34.4 Å². The predicted molar refractivity (Wildman–Crippen MR) is 62.7 cm³/mol. The van der Waals surface area contributed by atoms with Gasteiger partial charge in [0, 0.05) is 9.86 Å². The van der Waals surface area contributed by atoms with Gasteiger partial charge in [-0.25, -0.2) is 4.79 Å². The molecule has 1 aromatic carbocycles. The van der Waals surface area contributed by atoms with Crippen molar-refractivity contribution in [2.24, 2.45) is 0 Å². The van der Waals surface area contributed by atoms with E-state index >= 15 is 0 Å². The molecule has 0 fully saturated rings. The van der Waals surface area contributed by atoms with Gasteiger partial charge in [-0.3, -0.25) is 0 Å². The molecule has 2 rings (SSSR count). The predicted octanol–water partition coefficient (Wildman–Crippen LogP) is 3.66. The second-order valence-corrected chi connectivity index (χ2v) is 4.57. The standard InChI is InChI=1S/C11H7BrF3NO2/c12-7-3-1-2-6-4-8(10(17)18)16(9(6)7)5-11(13,14)15/h1-4H,5H2,(H,17,18). The number of aromatic carboxylic acids is 1. The van der Waals surface area contributed by atoms with Crippen molar-refractivity contribution < 1.29 is 23.1 Å². The van der Waals surface area contributed by atoms with Crippen LogP contribution in [0.5, 0.6) is 0 Å². The largest absolute Gasteiger partial charge is 0.477 e. The van der Waals surface area contributed by atoms with Crippen molar-refractivity contribution in [3.63, 3.8) is 0 Å². The summed E-state index contributed by atoms with van der Waals surface area (Å²) in [6.45, 7) is -1.33. The minimum atomic E-state index is -4.48. The van der Waals surface area contributed by atoms with Gasteiger partial charge in [0.1, 0.15) is 12.2 Å². The molecule has 0 aliphatic rings. The third-order valence-corrected chi connectivity index (χ3v) is 3.07. The molecule has 0 spiro atoms. The van der Waals surface area contributed by atoms with Crippen LogP contribution in [-0.2, 0) is 6.54 Å². The molecule has 96 valence electrons. The highest BCUT2D eigenvalue weighted by atomic mass is 79.9. The topological polar surface area (TPSA) is 42.2 Å². The van der Waals surface area contributed by atoms with Gasteiger partial charge in [-0.2, -0.15) is 13.2 Å². The van der Waals surface area contributed by atoms with Crippen LogP contribution < -0.4 is 0 Å². The Morgan fingerprint density at radius 3 is 2.61 bits per heavy atom. The first-order chi connectivity index (χ1) is 8.29. The molecule has 7 heteroatoms. The van der Waals surface area contributed by atoms with Crippen molar-refractivity contribution in [1.29, 1.82) is 0 Å². The zero-order valence-electron chi connectivity index (χ0n) is 8.83. The Morgan fingerprint density at radius 1 is 1.39 bits per heavy atom. The molecule has 0 aliphatic carbocycles. The van der Waals surface area contributed by atoms with Crippen LogP contribution in [0.2, 0.25) is 0 Å². The zero-order valence-corrected chi connectivity index (χ0v) is 10.4. The van der Waals surface area contributed by atoms with Crippen LogP contribution in [0.4, 0.5) is 13.2 Å². The van der Waals surface area contributed by atoms with Crippen molar-refractivity contribution >= 4 is 32.8 Å². The molecule has 2 aromatic rings. The van der Waals surface area contributed by atoms with Crippen molar-refractivity contribution in [1.82, 2.24) is 4.57 Å². The SMILES string of the molecule is O=C(O)c1cc2cccc(Br)c2n1CC(F)(F)F. The molecule has 0 aliphatic heterocycles. The van der Waals surface area contributed by atoms with Crippen LogP contribution in [0, 0.1) is 0 Å². The van der Waals surface area contributed by atoms with Gasteiger partial charge in [0.25, 0.3) is 0 Å². The van der Waals surface area contributed by atoms with E-state index < -0.39 is 18.7 Å². The zero-order chi connectivity index (χ0) is 13.5. The van der Waals surface area contributed by atoms with E-state index in [0.29, 0.717) is 9.86 Å². The van der Waals surface area contributed by atoms with Gasteiger partial charge in [0.2, 0.25) is 0 Å². The third kappa shape index (κ3) is 2.35. The third-order valence-electron chi connectivity index (χ3n) is 2.43. The summed E-state index contributed by atoms with van der Waals surface area (Å²) in [6, 6.07) is 6.00. The van der Waals surface area contributed by atoms with E-state index in [1.54, 1.807) is 18.2 Å². The highest BCUT2D eigenvalue weighted by Crippen LogP contribution is 2.30. The van der Waals surface area contributed by atoms with E-state index in [0.717, 1.165) is 4.57 Å². The maximum absolute atomic E-state index is 12.5. The molecule has 18 heavy (non-hydrogen) atoms. The summed E-state index contributed by atoms with van der Waals surface area (Å²) in [5.41, 5.74) is -0.151. The number of halogens is 4. The molecule has 0 amide bonds. The maximum Gasteiger partial charge on any atom is 0.406 e. The van der Waals surface area contributed by atoms with E-state index in [1.807, 2.05) is 0 Å². The minimum Gasteiger partial charge on any atom is -0.477 e. The number of nitrogens with zero attached hydrogens (tertiary/aromatic N) is 1. The van der Waals surface area contributed by atoms with Gasteiger partial charge in [0.05, 0.1) is 5.52 Å². The summed E-state index contributed by atoms with van der Waals surface area (Å²) >= 11 is 3.14. The molecule has 1 N–H and O–H groups in total. The lowest BCUT2D eigenvalue weighted by molar-refractivity contribution is -0.140. The first kappa shape index (κ1) is 12.9. The summed E-state index contributed by atoms with van der Waals surface area (Å²) in [5.74, 6) is -1.39. The molecule has 0 radical (unpaired) electrons. The van der Waals surface area contributed by atoms with Gasteiger partial charge < -0.3 is 9.67 Å². The van der Waals surface area contributed by atoms with Gasteiger partial charge >= 0.3 is 12.1 Å². The van der Waals surface area contributed by atoms with E-state index in [4.69, 9.17) is 5.11 Å². The van der Waals surface area contributed by atoms with Crippen LogP contribution in [0.3, 0.4) is 0 Å². The first-order valence-electron chi connectivity index (χ1n) is 4.87. The highest BCUT2D eigenvalue weighted by molar-refractivity contribution is 9.10. The number of aromatic nitrogens is 1. The fraction of sp³-hybridized carbons (Fsp3) is 0.182. The van der Waals surface area contributed by atoms with Crippen molar-refractivity contribution in [3.8, 4) is 0 Å². The highest BCUT2D eigenvalue weighted by Gasteiger charge is 2.31. The number of hydrogen-bond acceptors (Lipinski definition) is 1. The number of fused-ring (bicyclic) bond motifs is 1. The van der Waals surface area contributed by atoms with Crippen LogP contribution in [0.15, 0.2) is 28.7 Å². The second kappa shape index (κ2) is 4.31. The second-order valence-electron chi connectivity index (χ2n) is 3.71. The molecular weight excluding hydrogens is 315 g/mol. The molecule has 0 unspecified atom stereocenters. The summed E-state index contributed by atoms with van der Waals surface area (Å²) in [4.78, 5) is 11.0. The lowest BCUT2D eigenvalue weighted by atomic mass is 10.2. The van der Waals surface area contributed by atoms with E-state index in [9.17, 15) is 18.0 Å². The average molecular weight is 322 g/mol. The fourth-order valence-electron chi connectivity index (χ4n) is 1.80. The van der Waals surface area contributed by atoms with E-state index in [-0.39, 0.29) is 11.2 Å². The summed E-state index contributed by atoms with van der Waals surface area (Å²) in [7, 11) is 0. The molecule has 1 heterocycles. The number of carbonyl (C=O) groups is 1. The number of benzene rings is 1. The van der Waals surface area contributed by atoms with Crippen LogP contribution in [0.25, 0.3) is 10.9 Å². The summed E-state index contributed by atoms with van der Waals surface area (Å²) in [6.07, 6.45) is -4.48. The van der Waals surface area contributed by atoms with Crippen LogP contribution in [-0.4, -0.2) is 21.8 Å². The molecule has 1 aromatic heterocycles. The van der Waals surface area contributed by atoms with E-state index in [2.05, 4.69) is 15.9 Å². The number of carboxylic acids is 1. The maximum atomic E-state index is 12.5. The van der Waals surface area contributed by atoms with Gasteiger partial charge in [-0.1, -0.05) is 12.1 Å². The van der Waals surface area contributed by atoms with E-state index in [1.165, 1.54) is 6.07 Å². The Balaban J connectivity index is 2.73. The normalized spacial score (nSPS) is 12.0. The van der Waals surface area contributed by atoms with Crippen LogP contribution >= 0.6 is 15.9 Å². The number of rotatable bonds is 2. The molecule has 0 saturated heterocycles. The lowest BCUT2D eigenvalue weighted by Crippen LogP contribution is -2.20. The Labute approximate surface area is 108 Å². The Hall–Kier alpha value is -1.50. The van der Waals surface area contributed by atoms with Gasteiger partial charge in [-0.05, 0) is 28.1 Å². The van der Waals surface area contributed by atoms with Crippen molar-refractivity contribution in [2.75, 3.05) is 0 Å². The number of para-hydroxylation sites is 1. The first-order valence-corrected chi connectivity index (χ1v) is 5.67. The van der Waals surface area contributed by atoms with Crippen LogP contribution in [0.1, 0.15) is 10.5 Å². The van der Waals surface area contributed by atoms with Gasteiger partial charge in [-0.15, -0.1) is 0 Å². The number of hydrogen-bond donors (Lipinski definition) is 1. The quantitative estimate of drug-likeness (QED) is 0.917. The molecule has 3 nitrogen and oxygen atoms in total. The smallest absolute Gasteiger partial charge is 0.406 e. The number of carboxylic acid groups (broad SMARTS) is 1. The molecular formula is C11H7BrF3NO2. The molecule has 0 bridgehead atoms.